The number of β-lactam (4-membered cyclic amide) rings is 1. The van der Waals surface area contributed by atoms with E-state index in [1.54, 1.807) is 25.3 Å². The number of hydrogen-bond donors (Lipinski definition) is 2. The molecule has 11 heteroatoms. The van der Waals surface area contributed by atoms with Crippen LogP contribution in [0.15, 0.2) is 22.5 Å². The second-order valence-corrected chi connectivity index (χ2v) is 9.38. The van der Waals surface area contributed by atoms with E-state index in [0.29, 0.717) is 0 Å². The van der Waals surface area contributed by atoms with E-state index >= 15 is 0 Å². The maximum absolute atomic E-state index is 12.7. The molecular weight excluding hydrogens is 396 g/mol. The summed E-state index contributed by atoms with van der Waals surface area (Å²) in [4.78, 5) is 41.2. The van der Waals surface area contributed by atoms with Crippen molar-refractivity contribution >= 4 is 46.8 Å². The lowest BCUT2D eigenvalue weighted by molar-refractivity contribution is -0.228. The van der Waals surface area contributed by atoms with Crippen LogP contribution in [0, 0.1) is 0 Å². The molecule has 0 bridgehead atoms. The van der Waals surface area contributed by atoms with Crippen LogP contribution in [-0.2, 0) is 19.1 Å². The highest BCUT2D eigenvalue weighted by Gasteiger charge is 2.72. The van der Waals surface area contributed by atoms with Gasteiger partial charge in [0, 0.05) is 16.7 Å². The van der Waals surface area contributed by atoms with E-state index in [-0.39, 0.29) is 4.88 Å². The molecule has 2 fully saturated rings. The summed E-state index contributed by atoms with van der Waals surface area (Å²) in [6.45, 7) is 3.35. The fourth-order valence-electron chi connectivity index (χ4n) is 3.38. The third-order valence-corrected chi connectivity index (χ3v) is 7.16. The average molecular weight is 413 g/mol. The summed E-state index contributed by atoms with van der Waals surface area (Å²) in [5, 5.41) is 32.4. The number of amides is 1. The third-order valence-electron chi connectivity index (χ3n) is 4.62. The van der Waals surface area contributed by atoms with Gasteiger partial charge in [0.05, 0.1) is 0 Å². The number of carboxylic acids is 2. The Morgan fingerprint density at radius 1 is 1.41 bits per heavy atom. The molecule has 0 spiro atoms. The van der Waals surface area contributed by atoms with Gasteiger partial charge in [0.2, 0.25) is 0 Å². The Morgan fingerprint density at radius 2 is 2.07 bits per heavy atom. The molecule has 0 aliphatic carbocycles. The van der Waals surface area contributed by atoms with Crippen molar-refractivity contribution in [1.29, 1.82) is 0 Å². The van der Waals surface area contributed by atoms with Crippen molar-refractivity contribution < 1.29 is 34.4 Å². The van der Waals surface area contributed by atoms with Gasteiger partial charge >= 0.3 is 11.9 Å². The van der Waals surface area contributed by atoms with Gasteiger partial charge in [0.1, 0.15) is 17.3 Å². The van der Waals surface area contributed by atoms with Gasteiger partial charge in [-0.15, -0.1) is 23.1 Å². The molecule has 1 aromatic heterocycles. The van der Waals surface area contributed by atoms with E-state index in [0.717, 1.165) is 28.0 Å². The molecule has 3 rings (SSSR count). The van der Waals surface area contributed by atoms with Crippen LogP contribution in [0.5, 0.6) is 0 Å². The zero-order valence-corrected chi connectivity index (χ0v) is 16.2. The highest BCUT2D eigenvalue weighted by molar-refractivity contribution is 8.01. The lowest BCUT2D eigenvalue weighted by Crippen LogP contribution is -2.74. The van der Waals surface area contributed by atoms with E-state index in [9.17, 15) is 29.7 Å². The monoisotopic (exact) mass is 413 g/mol. The molecule has 0 radical (unpaired) electrons. The maximum Gasteiger partial charge on any atom is 0.327 e. The lowest BCUT2D eigenvalue weighted by atomic mass is 9.93. The van der Waals surface area contributed by atoms with Gasteiger partial charge in [0.25, 0.3) is 11.6 Å². The van der Waals surface area contributed by atoms with Crippen molar-refractivity contribution in [3.63, 3.8) is 0 Å². The largest absolute Gasteiger partial charge is 0.861 e. The minimum absolute atomic E-state index is 0.286. The molecule has 0 saturated carbocycles. The first-order valence-electron chi connectivity index (χ1n) is 7.88. The van der Waals surface area contributed by atoms with Crippen molar-refractivity contribution in [3.8, 4) is 0 Å². The molecule has 146 valence electrons. The smallest absolute Gasteiger partial charge is 0.327 e. The topological polar surface area (TPSA) is 140 Å². The van der Waals surface area contributed by atoms with Crippen LogP contribution in [-0.4, -0.2) is 67.9 Å². The Hall–Kier alpha value is -2.11. The Balaban J connectivity index is 2.00. The number of carbonyl (C=O) groups is 3. The predicted octanol–water partition coefficient (Wildman–Crippen LogP) is 0.165. The van der Waals surface area contributed by atoms with E-state index in [2.05, 4.69) is 4.99 Å². The first-order chi connectivity index (χ1) is 12.6. The number of hydrogen-bond acceptors (Lipinski definition) is 8. The molecule has 1 unspecified atom stereocenters. The first-order valence-corrected chi connectivity index (χ1v) is 9.64. The van der Waals surface area contributed by atoms with Crippen molar-refractivity contribution in [3.05, 3.63) is 22.4 Å². The number of nitrogens with zero attached hydrogens (tertiary/aromatic N) is 2. The minimum atomic E-state index is -1.92. The van der Waals surface area contributed by atoms with Crippen molar-refractivity contribution in [2.24, 2.45) is 4.99 Å². The number of fused-ring (bicyclic) bond motifs is 1. The van der Waals surface area contributed by atoms with Crippen LogP contribution < -0.4 is 5.11 Å². The number of carbonyl (C=O) groups excluding carboxylic acids is 1. The quantitative estimate of drug-likeness (QED) is 0.382. The summed E-state index contributed by atoms with van der Waals surface area (Å²) in [6.07, 6.45) is 0. The van der Waals surface area contributed by atoms with Crippen molar-refractivity contribution in [2.75, 3.05) is 7.11 Å². The number of thiophene rings is 1. The summed E-state index contributed by atoms with van der Waals surface area (Å²) >= 11 is 2.25. The van der Waals surface area contributed by atoms with Crippen molar-refractivity contribution in [1.82, 2.24) is 4.90 Å². The average Bonchev–Trinajstić information content (AvgIpc) is 3.16. The molecule has 2 saturated heterocycles. The molecule has 4 atom stereocenters. The highest BCUT2D eigenvalue weighted by Crippen LogP contribution is 2.56. The fourth-order valence-corrected chi connectivity index (χ4v) is 5.85. The summed E-state index contributed by atoms with van der Waals surface area (Å²) in [5.41, 5.74) is -1.92. The molecule has 1 amide bonds. The summed E-state index contributed by atoms with van der Waals surface area (Å²) in [5.74, 6) is -5.88. The Morgan fingerprint density at radius 3 is 2.56 bits per heavy atom. The number of rotatable bonds is 6. The number of aliphatic imine (C=N–C) groups is 1. The number of carboxylic acid groups (broad SMARTS) is 2. The standard InChI is InChI=1S/C16H18N2O7S2/c1-15(2)9(12(22)23)18-13(24)16(25-3,14(18)27-15)17-10(19)8(11(20)21)7-5-4-6-26-7/h4-6,8-9,14H,1-3H3,(H,17,19)(H,20,21)(H,22,23)/p-1/t8?,9-,14+,16-/m0/s1. The maximum atomic E-state index is 12.7. The molecule has 27 heavy (non-hydrogen) atoms. The zero-order valence-electron chi connectivity index (χ0n) is 14.6. The van der Waals surface area contributed by atoms with Gasteiger partial charge in [0.15, 0.2) is 0 Å². The van der Waals surface area contributed by atoms with Crippen molar-refractivity contribution in [2.45, 2.75) is 41.7 Å². The predicted molar refractivity (Wildman–Crippen MR) is 95.6 cm³/mol. The molecule has 2 N–H and O–H groups in total. The Bertz CT molecular complexity index is 823. The molecule has 1 aromatic rings. The number of methoxy groups -OCH3 is 1. The van der Waals surface area contributed by atoms with Gasteiger partial charge in [-0.1, -0.05) is 6.07 Å². The van der Waals surface area contributed by atoms with Crippen LogP contribution in [0.1, 0.15) is 24.6 Å². The van der Waals surface area contributed by atoms with Gasteiger partial charge in [-0.25, -0.2) is 4.79 Å². The second-order valence-electron chi connectivity index (χ2n) is 6.66. The highest BCUT2D eigenvalue weighted by atomic mass is 32.2. The summed E-state index contributed by atoms with van der Waals surface area (Å²) in [6, 6.07) is 2.01. The van der Waals surface area contributed by atoms with Gasteiger partial charge in [-0.3, -0.25) is 14.6 Å². The fraction of sp³-hybridized carbons (Fsp3) is 0.500. The molecule has 9 nitrogen and oxygen atoms in total. The number of ether oxygens (including phenoxy) is 1. The summed E-state index contributed by atoms with van der Waals surface area (Å²) in [7, 11) is 1.19. The second kappa shape index (κ2) is 6.50. The van der Waals surface area contributed by atoms with E-state index in [1.165, 1.54) is 13.2 Å². The van der Waals surface area contributed by atoms with E-state index in [1.807, 2.05) is 0 Å². The SMILES string of the molecule is CO[C@@]1(N=C([O-])C(C(=O)O)c2cccs2)C(=O)N2[C@@H](C(=O)O)C(C)(C)S[C@@H]21. The zero-order chi connectivity index (χ0) is 20.1. The minimum Gasteiger partial charge on any atom is -0.861 e. The molecule has 2 aliphatic heterocycles. The normalized spacial score (nSPS) is 30.6. The summed E-state index contributed by atoms with van der Waals surface area (Å²) < 4.78 is 4.43. The van der Waals surface area contributed by atoms with Gasteiger partial charge in [-0.05, 0) is 31.2 Å². The molecular formula is C16H17N2O7S2-. The van der Waals surface area contributed by atoms with E-state index in [4.69, 9.17) is 4.74 Å². The van der Waals surface area contributed by atoms with Crippen LogP contribution >= 0.6 is 23.1 Å². The van der Waals surface area contributed by atoms with E-state index < -0.39 is 51.5 Å². The molecule has 3 heterocycles. The van der Waals surface area contributed by atoms with Gasteiger partial charge < -0.3 is 25.0 Å². The van der Waals surface area contributed by atoms with Gasteiger partial charge in [-0.2, -0.15) is 0 Å². The molecule has 0 aromatic carbocycles. The van der Waals surface area contributed by atoms with Crippen LogP contribution in [0.2, 0.25) is 0 Å². The Labute approximate surface area is 162 Å². The van der Waals surface area contributed by atoms with Crippen LogP contribution in [0.25, 0.3) is 0 Å². The Kier molecular flexibility index (Phi) is 4.73. The first kappa shape index (κ1) is 19.6. The lowest BCUT2D eigenvalue weighted by Gasteiger charge is -2.50. The third kappa shape index (κ3) is 2.80. The number of aliphatic carboxylic acids is 2. The van der Waals surface area contributed by atoms with Crippen LogP contribution in [0.3, 0.4) is 0 Å². The van der Waals surface area contributed by atoms with Crippen LogP contribution in [0.4, 0.5) is 0 Å². The number of thioether (sulfide) groups is 1. The molecule has 2 aliphatic rings.